The first kappa shape index (κ1) is 26.2. The minimum atomic E-state index is -0.964. The summed E-state index contributed by atoms with van der Waals surface area (Å²) in [5.41, 5.74) is 3.24. The van der Waals surface area contributed by atoms with Crippen LogP contribution in [-0.4, -0.2) is 28.7 Å². The number of methoxy groups -OCH3 is 1. The molecule has 0 radical (unpaired) electrons. The monoisotopic (exact) mass is 589 g/mol. The van der Waals surface area contributed by atoms with Crippen molar-refractivity contribution < 1.29 is 18.7 Å². The Morgan fingerprint density at radius 3 is 2.59 bits per heavy atom. The SMILES string of the molecule is COc1ccccc1NC(=O)C1=C(C)Nc2c(C(=O)Nc3cccc(C)c3)cnn2C1c1cc(Br)ccc1F. The number of rotatable bonds is 6. The molecule has 3 N–H and O–H groups in total. The zero-order chi connectivity index (χ0) is 27.7. The molecule has 1 unspecified atom stereocenters. The fraction of sp³-hybridized carbons (Fsp3) is 0.138. The summed E-state index contributed by atoms with van der Waals surface area (Å²) in [6, 6.07) is 18.0. The number of aryl methyl sites for hydroxylation is 1. The highest BCUT2D eigenvalue weighted by atomic mass is 79.9. The highest BCUT2D eigenvalue weighted by molar-refractivity contribution is 9.10. The number of fused-ring (bicyclic) bond motifs is 1. The fourth-order valence-electron chi connectivity index (χ4n) is 4.59. The number of allylic oxidation sites excluding steroid dienone is 1. The molecule has 3 aromatic carbocycles. The van der Waals surface area contributed by atoms with E-state index in [0.29, 0.717) is 33.1 Å². The summed E-state index contributed by atoms with van der Waals surface area (Å²) in [5.74, 6) is -0.560. The van der Waals surface area contributed by atoms with Crippen molar-refractivity contribution in [3.63, 3.8) is 0 Å². The Kier molecular flexibility index (Phi) is 7.21. The van der Waals surface area contributed by atoms with Crippen molar-refractivity contribution in [2.75, 3.05) is 23.1 Å². The summed E-state index contributed by atoms with van der Waals surface area (Å²) in [5, 5.41) is 13.4. The first-order chi connectivity index (χ1) is 18.8. The number of amides is 2. The lowest BCUT2D eigenvalue weighted by Gasteiger charge is -2.30. The number of carbonyl (C=O) groups excluding carboxylic acids is 2. The lowest BCUT2D eigenvalue weighted by molar-refractivity contribution is -0.113. The van der Waals surface area contributed by atoms with Crippen LogP contribution < -0.4 is 20.7 Å². The van der Waals surface area contributed by atoms with Gasteiger partial charge in [0.2, 0.25) is 0 Å². The molecule has 0 aliphatic carbocycles. The number of nitrogens with one attached hydrogen (secondary N) is 3. The van der Waals surface area contributed by atoms with Crippen LogP contribution in [0.5, 0.6) is 5.75 Å². The predicted octanol–water partition coefficient (Wildman–Crippen LogP) is 6.28. The quantitative estimate of drug-likeness (QED) is 0.246. The molecule has 10 heteroatoms. The van der Waals surface area contributed by atoms with E-state index in [4.69, 9.17) is 4.74 Å². The maximum atomic E-state index is 15.3. The number of hydrogen-bond acceptors (Lipinski definition) is 5. The number of para-hydroxylation sites is 2. The lowest BCUT2D eigenvalue weighted by atomic mass is 9.94. The Morgan fingerprint density at radius 2 is 1.82 bits per heavy atom. The molecule has 0 fully saturated rings. The molecule has 1 atom stereocenters. The van der Waals surface area contributed by atoms with E-state index >= 15 is 4.39 Å². The molecular weight excluding hydrogens is 565 g/mol. The van der Waals surface area contributed by atoms with Crippen molar-refractivity contribution in [1.29, 1.82) is 0 Å². The van der Waals surface area contributed by atoms with Gasteiger partial charge in [-0.25, -0.2) is 9.07 Å². The van der Waals surface area contributed by atoms with Gasteiger partial charge in [0.25, 0.3) is 11.8 Å². The molecule has 2 heterocycles. The average Bonchev–Trinajstić information content (AvgIpc) is 3.33. The molecule has 8 nitrogen and oxygen atoms in total. The second kappa shape index (κ2) is 10.7. The molecule has 198 valence electrons. The van der Waals surface area contributed by atoms with Crippen LogP contribution in [0.25, 0.3) is 0 Å². The Labute approximate surface area is 233 Å². The second-order valence-electron chi connectivity index (χ2n) is 9.06. The Bertz CT molecular complexity index is 1630. The molecule has 0 saturated carbocycles. The smallest absolute Gasteiger partial charge is 0.261 e. The second-order valence-corrected chi connectivity index (χ2v) is 9.98. The number of hydrogen-bond donors (Lipinski definition) is 3. The highest BCUT2D eigenvalue weighted by Gasteiger charge is 2.37. The van der Waals surface area contributed by atoms with Crippen LogP contribution in [0.3, 0.4) is 0 Å². The van der Waals surface area contributed by atoms with Gasteiger partial charge in [-0.1, -0.05) is 40.2 Å². The summed E-state index contributed by atoms with van der Waals surface area (Å²) in [6.07, 6.45) is 1.41. The number of ether oxygens (including phenoxy) is 1. The maximum Gasteiger partial charge on any atom is 0.261 e. The van der Waals surface area contributed by atoms with Crippen LogP contribution in [0, 0.1) is 12.7 Å². The van der Waals surface area contributed by atoms with Crippen molar-refractivity contribution in [2.24, 2.45) is 0 Å². The standard InChI is InChI=1S/C29H25BrFN5O3/c1-16-7-6-8-19(13-16)34-28(37)21-15-32-36-26(20-14-18(30)11-12-22(20)31)25(17(2)33-27(21)36)29(38)35-23-9-4-5-10-24(23)39-3/h4-15,26,33H,1-3H3,(H,34,37)(H,35,38). The molecule has 0 spiro atoms. The molecule has 39 heavy (non-hydrogen) atoms. The molecule has 0 bridgehead atoms. The van der Waals surface area contributed by atoms with Gasteiger partial charge in [0.1, 0.15) is 29.0 Å². The van der Waals surface area contributed by atoms with E-state index in [1.165, 1.54) is 24.1 Å². The number of anilines is 3. The number of halogens is 2. The predicted molar refractivity (Wildman–Crippen MR) is 152 cm³/mol. The number of nitrogens with zero attached hydrogens (tertiary/aromatic N) is 2. The van der Waals surface area contributed by atoms with Gasteiger partial charge in [-0.05, 0) is 61.9 Å². The first-order valence-corrected chi connectivity index (χ1v) is 12.9. The highest BCUT2D eigenvalue weighted by Crippen LogP contribution is 2.40. The largest absolute Gasteiger partial charge is 0.495 e. The fourth-order valence-corrected chi connectivity index (χ4v) is 4.96. The van der Waals surface area contributed by atoms with Crippen LogP contribution >= 0.6 is 15.9 Å². The van der Waals surface area contributed by atoms with Gasteiger partial charge in [-0.15, -0.1) is 0 Å². The Hall–Kier alpha value is -4.44. The molecule has 5 rings (SSSR count). The molecular formula is C29H25BrFN5O3. The molecule has 1 aliphatic heterocycles. The van der Waals surface area contributed by atoms with E-state index < -0.39 is 23.7 Å². The molecule has 0 saturated heterocycles. The summed E-state index contributed by atoms with van der Waals surface area (Å²) >= 11 is 3.41. The zero-order valence-corrected chi connectivity index (χ0v) is 23.0. The lowest BCUT2D eigenvalue weighted by Crippen LogP contribution is -2.32. The van der Waals surface area contributed by atoms with Gasteiger partial charge in [-0.2, -0.15) is 5.10 Å². The van der Waals surface area contributed by atoms with Crippen molar-refractivity contribution in [1.82, 2.24) is 9.78 Å². The average molecular weight is 590 g/mol. The summed E-state index contributed by atoms with van der Waals surface area (Å²) in [6.45, 7) is 3.64. The van der Waals surface area contributed by atoms with Crippen molar-refractivity contribution >= 4 is 44.9 Å². The summed E-state index contributed by atoms with van der Waals surface area (Å²) < 4.78 is 22.8. The Morgan fingerprint density at radius 1 is 1.03 bits per heavy atom. The van der Waals surface area contributed by atoms with Crippen LogP contribution in [-0.2, 0) is 4.79 Å². The summed E-state index contributed by atoms with van der Waals surface area (Å²) in [7, 11) is 1.51. The minimum Gasteiger partial charge on any atom is -0.495 e. The number of benzene rings is 3. The number of carbonyl (C=O) groups is 2. The van der Waals surface area contributed by atoms with Gasteiger partial charge < -0.3 is 20.7 Å². The van der Waals surface area contributed by atoms with E-state index in [1.54, 1.807) is 49.4 Å². The van der Waals surface area contributed by atoms with E-state index in [0.717, 1.165) is 5.56 Å². The number of aromatic nitrogens is 2. The first-order valence-electron chi connectivity index (χ1n) is 12.1. The topological polar surface area (TPSA) is 97.3 Å². The van der Waals surface area contributed by atoms with Crippen LogP contribution in [0.4, 0.5) is 21.6 Å². The van der Waals surface area contributed by atoms with Crippen molar-refractivity contribution in [3.8, 4) is 5.75 Å². The summed E-state index contributed by atoms with van der Waals surface area (Å²) in [4.78, 5) is 27.0. The molecule has 2 amide bonds. The third kappa shape index (κ3) is 5.15. The van der Waals surface area contributed by atoms with E-state index in [2.05, 4.69) is 37.0 Å². The normalized spacial score (nSPS) is 14.3. The van der Waals surface area contributed by atoms with Crippen molar-refractivity contribution in [2.45, 2.75) is 19.9 Å². The molecule has 1 aromatic heterocycles. The van der Waals surface area contributed by atoms with Gasteiger partial charge in [0.05, 0.1) is 24.6 Å². The van der Waals surface area contributed by atoms with E-state index in [9.17, 15) is 9.59 Å². The molecule has 4 aromatic rings. The minimum absolute atomic E-state index is 0.213. The van der Waals surface area contributed by atoms with Crippen LogP contribution in [0.15, 0.2) is 88.7 Å². The van der Waals surface area contributed by atoms with Gasteiger partial charge >= 0.3 is 0 Å². The zero-order valence-electron chi connectivity index (χ0n) is 21.4. The molecule has 1 aliphatic rings. The van der Waals surface area contributed by atoms with Crippen LogP contribution in [0.1, 0.15) is 34.5 Å². The van der Waals surface area contributed by atoms with Gasteiger partial charge in [-0.3, -0.25) is 9.59 Å². The van der Waals surface area contributed by atoms with Gasteiger partial charge in [0.15, 0.2) is 0 Å². The van der Waals surface area contributed by atoms with Crippen molar-refractivity contribution in [3.05, 3.63) is 111 Å². The van der Waals surface area contributed by atoms with E-state index in [-0.39, 0.29) is 16.7 Å². The van der Waals surface area contributed by atoms with Crippen LogP contribution in [0.2, 0.25) is 0 Å². The third-order valence-corrected chi connectivity index (χ3v) is 6.89. The van der Waals surface area contributed by atoms with E-state index in [1.807, 2.05) is 25.1 Å². The maximum absolute atomic E-state index is 15.3. The van der Waals surface area contributed by atoms with Gasteiger partial charge in [0, 0.05) is 21.4 Å². The third-order valence-electron chi connectivity index (χ3n) is 6.40. The Balaban J connectivity index is 1.58.